The summed E-state index contributed by atoms with van der Waals surface area (Å²) in [5.41, 5.74) is 15.9. The van der Waals surface area contributed by atoms with Crippen LogP contribution in [0.2, 0.25) is 0 Å². The van der Waals surface area contributed by atoms with Crippen molar-refractivity contribution in [3.05, 3.63) is 231 Å². The lowest BCUT2D eigenvalue weighted by Gasteiger charge is -2.15. The molecule has 0 spiro atoms. The summed E-state index contributed by atoms with van der Waals surface area (Å²) in [4.78, 5) is 15.7. The van der Waals surface area contributed by atoms with Gasteiger partial charge >= 0.3 is 0 Å². The molecule has 0 fully saturated rings. The number of pyridine rings is 1. The van der Waals surface area contributed by atoms with E-state index < -0.39 is 0 Å². The van der Waals surface area contributed by atoms with Crippen molar-refractivity contribution in [1.29, 1.82) is 0 Å². The van der Waals surface area contributed by atoms with Gasteiger partial charge in [-0.25, -0.2) is 15.0 Å². The number of para-hydroxylation sites is 3. The molecule has 3 aromatic heterocycles. The Morgan fingerprint density at radius 3 is 1.46 bits per heavy atom. The molecule has 9 aromatic carbocycles. The first-order chi connectivity index (χ1) is 31.2. The third kappa shape index (κ3) is 6.36. The number of hydrogen-bond acceptors (Lipinski definition) is 3. The standard InChI is InChI=1S/C59H38N4/c1-5-16-42(17-6-1)51-38-52(43-18-7-2-8-19-43)61-59(60-51)45-34-30-40(31-35-45)39-28-32-41(33-29-39)47-25-15-26-49-48-36-37-54-55(56(48)57(62-58(47)49)44-20-9-3-10-21-44)50-24-13-14-27-53(50)63(54)46-22-11-4-12-23-46/h1-38H. The largest absolute Gasteiger partial charge is 0.309 e. The Bertz CT molecular complexity index is 3560. The normalized spacial score (nSPS) is 11.5. The van der Waals surface area contributed by atoms with E-state index in [2.05, 4.69) is 199 Å². The molecule has 0 aliphatic rings. The summed E-state index contributed by atoms with van der Waals surface area (Å²) < 4.78 is 2.38. The predicted octanol–water partition coefficient (Wildman–Crippen LogP) is 15.3. The Morgan fingerprint density at radius 1 is 0.302 bits per heavy atom. The Balaban J connectivity index is 0.954. The first-order valence-electron chi connectivity index (χ1n) is 21.4. The SMILES string of the molecule is c1ccc(-c2cc(-c3ccccc3)nc(-c3ccc(-c4ccc(-c5cccc6c5nc(-c5ccccc5)c5c6ccc6c5c5ccccc5n6-c5ccccc5)cc4)cc3)n2)cc1. The van der Waals surface area contributed by atoms with E-state index in [1.165, 1.54) is 27.1 Å². The number of rotatable bonds is 7. The van der Waals surface area contributed by atoms with Crippen molar-refractivity contribution in [1.82, 2.24) is 19.5 Å². The first-order valence-corrected chi connectivity index (χ1v) is 21.4. The molecule has 0 aliphatic heterocycles. The minimum atomic E-state index is 0.700. The molecular formula is C59H38N4. The van der Waals surface area contributed by atoms with E-state index in [0.717, 1.165) is 83.7 Å². The van der Waals surface area contributed by atoms with E-state index in [1.807, 2.05) is 36.4 Å². The Labute approximate surface area is 365 Å². The van der Waals surface area contributed by atoms with Gasteiger partial charge in [-0.05, 0) is 52.4 Å². The van der Waals surface area contributed by atoms with Crippen LogP contribution in [0.1, 0.15) is 0 Å². The molecule has 0 atom stereocenters. The second-order valence-corrected chi connectivity index (χ2v) is 15.9. The molecule has 12 aromatic rings. The highest BCUT2D eigenvalue weighted by molar-refractivity contribution is 6.29. The second-order valence-electron chi connectivity index (χ2n) is 15.9. The number of fused-ring (bicyclic) bond motifs is 7. The molecule has 4 heteroatoms. The van der Waals surface area contributed by atoms with Gasteiger partial charge in [0.05, 0.1) is 33.6 Å². The van der Waals surface area contributed by atoms with Gasteiger partial charge in [-0.15, -0.1) is 0 Å². The number of hydrogen-bond donors (Lipinski definition) is 0. The topological polar surface area (TPSA) is 43.6 Å². The quantitative estimate of drug-likeness (QED) is 0.151. The van der Waals surface area contributed by atoms with Gasteiger partial charge < -0.3 is 4.57 Å². The zero-order valence-corrected chi connectivity index (χ0v) is 34.2. The maximum Gasteiger partial charge on any atom is 0.160 e. The third-order valence-corrected chi connectivity index (χ3v) is 12.2. The number of nitrogens with zero attached hydrogens (tertiary/aromatic N) is 4. The zero-order valence-electron chi connectivity index (χ0n) is 34.2. The maximum absolute atomic E-state index is 5.64. The van der Waals surface area contributed by atoms with Crippen LogP contribution >= 0.6 is 0 Å². The van der Waals surface area contributed by atoms with Gasteiger partial charge in [-0.2, -0.15) is 0 Å². The summed E-state index contributed by atoms with van der Waals surface area (Å²) in [6, 6.07) is 81.4. The lowest BCUT2D eigenvalue weighted by Crippen LogP contribution is -1.96. The minimum Gasteiger partial charge on any atom is -0.309 e. The van der Waals surface area contributed by atoms with Crippen LogP contribution in [0.4, 0.5) is 0 Å². The Morgan fingerprint density at radius 2 is 0.825 bits per heavy atom. The van der Waals surface area contributed by atoms with Crippen molar-refractivity contribution in [2.75, 3.05) is 0 Å². The molecule has 0 radical (unpaired) electrons. The monoisotopic (exact) mass is 802 g/mol. The lowest BCUT2D eigenvalue weighted by molar-refractivity contribution is 1.18. The van der Waals surface area contributed by atoms with E-state index in [9.17, 15) is 0 Å². The summed E-state index contributed by atoms with van der Waals surface area (Å²) in [6.45, 7) is 0. The van der Waals surface area contributed by atoms with Gasteiger partial charge in [0.2, 0.25) is 0 Å². The molecule has 0 saturated carbocycles. The molecule has 0 N–H and O–H groups in total. The zero-order chi connectivity index (χ0) is 41.7. The van der Waals surface area contributed by atoms with Gasteiger partial charge in [0, 0.05) is 55.0 Å². The molecule has 0 amide bonds. The second kappa shape index (κ2) is 15.2. The van der Waals surface area contributed by atoms with Crippen molar-refractivity contribution in [3.63, 3.8) is 0 Å². The molecular weight excluding hydrogens is 765 g/mol. The fraction of sp³-hybridized carbons (Fsp3) is 0. The van der Waals surface area contributed by atoms with Crippen molar-refractivity contribution in [2.45, 2.75) is 0 Å². The maximum atomic E-state index is 5.64. The lowest BCUT2D eigenvalue weighted by atomic mass is 9.93. The Hall–Kier alpha value is -8.47. The van der Waals surface area contributed by atoms with Gasteiger partial charge in [0.1, 0.15) is 0 Å². The minimum absolute atomic E-state index is 0.700. The summed E-state index contributed by atoms with van der Waals surface area (Å²) in [7, 11) is 0. The highest BCUT2D eigenvalue weighted by Gasteiger charge is 2.21. The molecule has 4 nitrogen and oxygen atoms in total. The summed E-state index contributed by atoms with van der Waals surface area (Å²) in [6.07, 6.45) is 0. The number of benzene rings is 9. The molecule has 0 unspecified atom stereocenters. The molecule has 12 rings (SSSR count). The Kier molecular flexibility index (Phi) is 8.79. The average molecular weight is 803 g/mol. The highest BCUT2D eigenvalue weighted by Crippen LogP contribution is 2.44. The summed E-state index contributed by atoms with van der Waals surface area (Å²) >= 11 is 0. The van der Waals surface area contributed by atoms with Crippen LogP contribution in [0, 0.1) is 0 Å². The summed E-state index contributed by atoms with van der Waals surface area (Å²) in [5.74, 6) is 0.700. The average Bonchev–Trinajstić information content (AvgIpc) is 3.71. The van der Waals surface area contributed by atoms with E-state index in [-0.39, 0.29) is 0 Å². The first kappa shape index (κ1) is 36.4. The van der Waals surface area contributed by atoms with Crippen LogP contribution in [0.5, 0.6) is 0 Å². The van der Waals surface area contributed by atoms with Gasteiger partial charge in [0.25, 0.3) is 0 Å². The van der Waals surface area contributed by atoms with Crippen LogP contribution in [-0.4, -0.2) is 19.5 Å². The molecule has 63 heavy (non-hydrogen) atoms. The molecule has 0 saturated heterocycles. The predicted molar refractivity (Wildman–Crippen MR) is 262 cm³/mol. The van der Waals surface area contributed by atoms with Crippen LogP contribution < -0.4 is 0 Å². The molecule has 0 bridgehead atoms. The van der Waals surface area contributed by atoms with E-state index in [0.29, 0.717) is 5.82 Å². The van der Waals surface area contributed by atoms with E-state index in [4.69, 9.17) is 15.0 Å². The smallest absolute Gasteiger partial charge is 0.160 e. The van der Waals surface area contributed by atoms with Gasteiger partial charge in [-0.3, -0.25) is 0 Å². The van der Waals surface area contributed by atoms with Crippen molar-refractivity contribution in [2.24, 2.45) is 0 Å². The third-order valence-electron chi connectivity index (χ3n) is 12.2. The van der Waals surface area contributed by atoms with E-state index >= 15 is 0 Å². The van der Waals surface area contributed by atoms with Crippen molar-refractivity contribution in [3.8, 4) is 73.1 Å². The molecule has 0 aliphatic carbocycles. The van der Waals surface area contributed by atoms with Crippen LogP contribution in [0.25, 0.3) is 117 Å². The van der Waals surface area contributed by atoms with Crippen LogP contribution in [-0.2, 0) is 0 Å². The van der Waals surface area contributed by atoms with Gasteiger partial charge in [-0.1, -0.05) is 200 Å². The van der Waals surface area contributed by atoms with Crippen molar-refractivity contribution >= 4 is 43.5 Å². The van der Waals surface area contributed by atoms with E-state index in [1.54, 1.807) is 0 Å². The fourth-order valence-corrected chi connectivity index (χ4v) is 9.22. The summed E-state index contributed by atoms with van der Waals surface area (Å²) in [5, 5.41) is 5.92. The highest BCUT2D eigenvalue weighted by atomic mass is 15.0. The van der Waals surface area contributed by atoms with Crippen molar-refractivity contribution < 1.29 is 0 Å². The number of aromatic nitrogens is 4. The fourth-order valence-electron chi connectivity index (χ4n) is 9.22. The van der Waals surface area contributed by atoms with Crippen LogP contribution in [0.3, 0.4) is 0 Å². The van der Waals surface area contributed by atoms with Crippen LogP contribution in [0.15, 0.2) is 231 Å². The van der Waals surface area contributed by atoms with Gasteiger partial charge in [0.15, 0.2) is 5.82 Å². The molecule has 3 heterocycles. The molecule has 294 valence electrons.